The van der Waals surface area contributed by atoms with Crippen LogP contribution >= 0.6 is 0 Å². The predicted molar refractivity (Wildman–Crippen MR) is 89.4 cm³/mol. The highest BCUT2D eigenvalue weighted by Crippen LogP contribution is 2.18. The fraction of sp³-hybridized carbons (Fsp3) is 0.529. The maximum atomic E-state index is 12.2. The van der Waals surface area contributed by atoms with Crippen LogP contribution in [-0.2, 0) is 29.7 Å². The van der Waals surface area contributed by atoms with Crippen molar-refractivity contribution in [1.29, 1.82) is 0 Å². The molecule has 1 aliphatic rings. The maximum absolute atomic E-state index is 12.2. The van der Waals surface area contributed by atoms with Crippen LogP contribution in [0.1, 0.15) is 24.2 Å². The van der Waals surface area contributed by atoms with E-state index in [1.54, 1.807) is 11.9 Å². The Hall–Kier alpha value is -2.48. The minimum Gasteiger partial charge on any atom is -0.445 e. The first-order valence-electron chi connectivity index (χ1n) is 8.47. The van der Waals surface area contributed by atoms with E-state index in [1.165, 1.54) is 4.80 Å². The summed E-state index contributed by atoms with van der Waals surface area (Å²) in [5.74, 6) is 0.868. The van der Waals surface area contributed by atoms with Crippen molar-refractivity contribution < 1.29 is 14.3 Å². The van der Waals surface area contributed by atoms with Gasteiger partial charge in [0.05, 0.1) is 13.7 Å². The Labute approximate surface area is 146 Å². The third-order valence-corrected chi connectivity index (χ3v) is 4.12. The van der Waals surface area contributed by atoms with Gasteiger partial charge < -0.3 is 14.4 Å². The molecule has 8 nitrogen and oxygen atoms in total. The van der Waals surface area contributed by atoms with Gasteiger partial charge in [-0.25, -0.2) is 4.79 Å². The Balaban J connectivity index is 1.40. The molecule has 8 heteroatoms. The van der Waals surface area contributed by atoms with Crippen LogP contribution in [0.4, 0.5) is 4.79 Å². The number of piperidine rings is 1. The third-order valence-electron chi connectivity index (χ3n) is 4.12. The first-order chi connectivity index (χ1) is 12.2. The van der Waals surface area contributed by atoms with Crippen molar-refractivity contribution in [3.63, 3.8) is 0 Å². The molecule has 1 fully saturated rings. The van der Waals surface area contributed by atoms with Crippen LogP contribution in [0.25, 0.3) is 0 Å². The summed E-state index contributed by atoms with van der Waals surface area (Å²) in [6.07, 6.45) is 1.73. The Bertz CT molecular complexity index is 676. The van der Waals surface area contributed by atoms with Crippen molar-refractivity contribution in [3.8, 4) is 0 Å². The molecule has 0 saturated carbocycles. The minimum absolute atomic E-state index is 0.260. The number of hydrogen-bond acceptors (Lipinski definition) is 6. The molecule has 0 spiro atoms. The lowest BCUT2D eigenvalue weighted by molar-refractivity contribution is 0.0385. The monoisotopic (exact) mass is 345 g/mol. The van der Waals surface area contributed by atoms with Gasteiger partial charge in [-0.15, -0.1) is 10.2 Å². The zero-order valence-electron chi connectivity index (χ0n) is 14.4. The van der Waals surface area contributed by atoms with Crippen molar-refractivity contribution in [2.75, 3.05) is 19.7 Å². The number of aryl methyl sites for hydroxylation is 1. The number of amides is 1. The topological polar surface area (TPSA) is 82.4 Å². The molecule has 1 atom stereocenters. The van der Waals surface area contributed by atoms with Gasteiger partial charge in [0.25, 0.3) is 0 Å². The summed E-state index contributed by atoms with van der Waals surface area (Å²) in [7, 11) is 1.72. The molecule has 2 aromatic rings. The van der Waals surface area contributed by atoms with E-state index in [-0.39, 0.29) is 6.09 Å². The molecule has 1 aromatic carbocycles. The van der Waals surface area contributed by atoms with Gasteiger partial charge in [-0.3, -0.25) is 0 Å². The third kappa shape index (κ3) is 5.25. The molecule has 2 heterocycles. The Kier molecular flexibility index (Phi) is 5.95. The smallest absolute Gasteiger partial charge is 0.410 e. The summed E-state index contributed by atoms with van der Waals surface area (Å²) in [6.45, 7) is 2.59. The van der Waals surface area contributed by atoms with Gasteiger partial charge >= 0.3 is 6.09 Å². The molecule has 1 aromatic heterocycles. The van der Waals surface area contributed by atoms with E-state index in [2.05, 4.69) is 15.4 Å². The van der Waals surface area contributed by atoms with Gasteiger partial charge in [0, 0.05) is 19.0 Å². The van der Waals surface area contributed by atoms with E-state index in [4.69, 9.17) is 9.47 Å². The summed E-state index contributed by atoms with van der Waals surface area (Å²) >= 11 is 0. The summed E-state index contributed by atoms with van der Waals surface area (Å²) in [4.78, 5) is 15.4. The highest BCUT2D eigenvalue weighted by molar-refractivity contribution is 5.67. The standard InChI is InChI=1S/C17H23N5O3/c1-21-19-16(18-20-21)13-24-11-15-8-5-9-22(10-15)17(23)25-12-14-6-3-2-4-7-14/h2-4,6-7,15H,5,8-13H2,1H3. The lowest BCUT2D eigenvalue weighted by Gasteiger charge is -2.31. The van der Waals surface area contributed by atoms with Crippen molar-refractivity contribution in [3.05, 3.63) is 41.7 Å². The number of hydrogen-bond donors (Lipinski definition) is 0. The molecule has 3 rings (SSSR count). The molecule has 1 amide bonds. The molecule has 1 aliphatic heterocycles. The van der Waals surface area contributed by atoms with E-state index in [0.717, 1.165) is 24.9 Å². The van der Waals surface area contributed by atoms with Gasteiger partial charge in [0.2, 0.25) is 0 Å². The Morgan fingerprint density at radius 1 is 1.28 bits per heavy atom. The number of likely N-dealkylation sites (tertiary alicyclic amines) is 1. The molecular formula is C17H23N5O3. The zero-order valence-corrected chi connectivity index (χ0v) is 14.4. The lowest BCUT2D eigenvalue weighted by Crippen LogP contribution is -2.41. The minimum atomic E-state index is -0.260. The number of nitrogens with zero attached hydrogens (tertiary/aromatic N) is 5. The van der Waals surface area contributed by atoms with Gasteiger partial charge in [-0.05, 0) is 23.6 Å². The number of carbonyl (C=O) groups is 1. The molecule has 0 N–H and O–H groups in total. The quantitative estimate of drug-likeness (QED) is 0.794. The fourth-order valence-electron chi connectivity index (χ4n) is 2.88. The molecule has 0 bridgehead atoms. The second-order valence-corrected chi connectivity index (χ2v) is 6.20. The second kappa shape index (κ2) is 8.57. The van der Waals surface area contributed by atoms with Crippen LogP contribution < -0.4 is 0 Å². The summed E-state index contributed by atoms with van der Waals surface area (Å²) < 4.78 is 11.1. The van der Waals surface area contributed by atoms with Crippen molar-refractivity contribution >= 4 is 6.09 Å². The number of tetrazole rings is 1. The van der Waals surface area contributed by atoms with Crippen LogP contribution in [0.2, 0.25) is 0 Å². The van der Waals surface area contributed by atoms with Gasteiger partial charge in [0.1, 0.15) is 13.2 Å². The number of ether oxygens (including phenoxy) is 2. The summed E-state index contributed by atoms with van der Waals surface area (Å²) in [5, 5.41) is 11.7. The van der Waals surface area contributed by atoms with E-state index in [0.29, 0.717) is 38.1 Å². The predicted octanol–water partition coefficient (Wildman–Crippen LogP) is 1.78. The first kappa shape index (κ1) is 17.3. The average molecular weight is 345 g/mol. The molecule has 25 heavy (non-hydrogen) atoms. The van der Waals surface area contributed by atoms with E-state index >= 15 is 0 Å². The van der Waals surface area contributed by atoms with Crippen LogP contribution in [0.15, 0.2) is 30.3 Å². The normalized spacial score (nSPS) is 17.5. The maximum Gasteiger partial charge on any atom is 0.410 e. The highest BCUT2D eigenvalue weighted by atomic mass is 16.6. The number of rotatable bonds is 6. The van der Waals surface area contributed by atoms with Crippen LogP contribution in [-0.4, -0.2) is 50.9 Å². The number of carbonyl (C=O) groups excluding carboxylic acids is 1. The largest absolute Gasteiger partial charge is 0.445 e. The van der Waals surface area contributed by atoms with Crippen LogP contribution in [0.5, 0.6) is 0 Å². The second-order valence-electron chi connectivity index (χ2n) is 6.20. The van der Waals surface area contributed by atoms with Gasteiger partial charge in [-0.1, -0.05) is 30.3 Å². The average Bonchev–Trinajstić information content (AvgIpc) is 3.06. The molecule has 0 radical (unpaired) electrons. The van der Waals surface area contributed by atoms with Crippen molar-refractivity contribution in [2.45, 2.75) is 26.1 Å². The molecule has 0 aliphatic carbocycles. The number of aromatic nitrogens is 4. The van der Waals surface area contributed by atoms with Crippen LogP contribution in [0.3, 0.4) is 0 Å². The van der Waals surface area contributed by atoms with E-state index < -0.39 is 0 Å². The summed E-state index contributed by atoms with van der Waals surface area (Å²) in [6, 6.07) is 9.70. The molecular weight excluding hydrogens is 322 g/mol. The molecule has 134 valence electrons. The van der Waals surface area contributed by atoms with Crippen molar-refractivity contribution in [2.24, 2.45) is 13.0 Å². The van der Waals surface area contributed by atoms with Gasteiger partial charge in [-0.2, -0.15) is 4.80 Å². The van der Waals surface area contributed by atoms with E-state index in [1.807, 2.05) is 30.3 Å². The molecule has 1 saturated heterocycles. The van der Waals surface area contributed by atoms with E-state index in [9.17, 15) is 4.79 Å². The molecule has 1 unspecified atom stereocenters. The van der Waals surface area contributed by atoms with Crippen molar-refractivity contribution in [1.82, 2.24) is 25.1 Å². The first-order valence-corrected chi connectivity index (χ1v) is 8.47. The highest BCUT2D eigenvalue weighted by Gasteiger charge is 2.25. The zero-order chi connectivity index (χ0) is 17.5. The Morgan fingerprint density at radius 2 is 2.12 bits per heavy atom. The number of benzene rings is 1. The Morgan fingerprint density at radius 3 is 2.88 bits per heavy atom. The SMILES string of the molecule is Cn1nnc(COCC2CCCN(C(=O)OCc3ccccc3)C2)n1. The summed E-state index contributed by atoms with van der Waals surface area (Å²) in [5.41, 5.74) is 0.990. The van der Waals surface area contributed by atoms with Crippen LogP contribution in [0, 0.1) is 5.92 Å². The fourth-order valence-corrected chi connectivity index (χ4v) is 2.88. The lowest BCUT2D eigenvalue weighted by atomic mass is 9.99. The van der Waals surface area contributed by atoms with Gasteiger partial charge in [0.15, 0.2) is 5.82 Å².